The second-order valence-corrected chi connectivity index (χ2v) is 5.21. The summed E-state index contributed by atoms with van der Waals surface area (Å²) in [5, 5.41) is 15.0. The summed E-state index contributed by atoms with van der Waals surface area (Å²) in [7, 11) is 0. The van der Waals surface area contributed by atoms with E-state index in [1.807, 2.05) is 6.92 Å². The first-order chi connectivity index (χ1) is 9.17. The standard InChI is InChI=1S/C14H26N2O3/c1-2-15-13(18)8-9-14(19)16-12-7-5-3-4-6-11(12)10-17/h11-12,17H,2-10H2,1H3,(H,15,18)(H,16,19). The topological polar surface area (TPSA) is 78.4 Å². The van der Waals surface area contributed by atoms with Gasteiger partial charge in [0, 0.05) is 38.0 Å². The number of hydrogen-bond acceptors (Lipinski definition) is 3. The Balaban J connectivity index is 2.34. The van der Waals surface area contributed by atoms with Gasteiger partial charge in [-0.1, -0.05) is 19.3 Å². The van der Waals surface area contributed by atoms with E-state index in [4.69, 9.17) is 0 Å². The monoisotopic (exact) mass is 270 g/mol. The van der Waals surface area contributed by atoms with Gasteiger partial charge >= 0.3 is 0 Å². The smallest absolute Gasteiger partial charge is 0.220 e. The van der Waals surface area contributed by atoms with Gasteiger partial charge in [0.2, 0.25) is 11.8 Å². The molecule has 0 saturated heterocycles. The minimum absolute atomic E-state index is 0.0641. The summed E-state index contributed by atoms with van der Waals surface area (Å²) in [5.41, 5.74) is 0. The molecule has 1 aliphatic carbocycles. The van der Waals surface area contributed by atoms with E-state index in [-0.39, 0.29) is 43.2 Å². The van der Waals surface area contributed by atoms with Gasteiger partial charge in [0.05, 0.1) is 0 Å². The minimum atomic E-state index is -0.0865. The van der Waals surface area contributed by atoms with E-state index in [1.54, 1.807) is 0 Å². The summed E-state index contributed by atoms with van der Waals surface area (Å²) >= 11 is 0. The van der Waals surface area contributed by atoms with Crippen molar-refractivity contribution >= 4 is 11.8 Å². The average molecular weight is 270 g/mol. The molecule has 0 bridgehead atoms. The molecule has 0 heterocycles. The van der Waals surface area contributed by atoms with Crippen LogP contribution in [0.1, 0.15) is 51.9 Å². The van der Waals surface area contributed by atoms with Crippen LogP contribution in [0.25, 0.3) is 0 Å². The highest BCUT2D eigenvalue weighted by Crippen LogP contribution is 2.23. The molecular weight excluding hydrogens is 244 g/mol. The number of hydrogen-bond donors (Lipinski definition) is 3. The molecule has 0 aliphatic heterocycles. The molecule has 0 spiro atoms. The first-order valence-corrected chi connectivity index (χ1v) is 7.34. The Morgan fingerprint density at radius 3 is 2.47 bits per heavy atom. The van der Waals surface area contributed by atoms with Gasteiger partial charge in [-0.15, -0.1) is 0 Å². The molecule has 0 aromatic rings. The van der Waals surface area contributed by atoms with E-state index < -0.39 is 0 Å². The van der Waals surface area contributed by atoms with E-state index in [2.05, 4.69) is 10.6 Å². The van der Waals surface area contributed by atoms with E-state index in [0.29, 0.717) is 6.54 Å². The summed E-state index contributed by atoms with van der Waals surface area (Å²) < 4.78 is 0. The van der Waals surface area contributed by atoms with Crippen LogP contribution in [0.3, 0.4) is 0 Å². The lowest BCUT2D eigenvalue weighted by Gasteiger charge is -2.24. The Hall–Kier alpha value is -1.10. The maximum atomic E-state index is 11.8. The van der Waals surface area contributed by atoms with Gasteiger partial charge in [0.1, 0.15) is 0 Å². The summed E-state index contributed by atoms with van der Waals surface area (Å²) in [5.74, 6) is -0.00949. The zero-order valence-electron chi connectivity index (χ0n) is 11.8. The molecule has 1 saturated carbocycles. The number of carbonyl (C=O) groups excluding carboxylic acids is 2. The molecule has 110 valence electrons. The number of amides is 2. The lowest BCUT2D eigenvalue weighted by molar-refractivity contribution is -0.127. The molecule has 1 fully saturated rings. The number of carbonyl (C=O) groups is 2. The van der Waals surface area contributed by atoms with E-state index in [1.165, 1.54) is 6.42 Å². The van der Waals surface area contributed by atoms with Crippen molar-refractivity contribution in [2.75, 3.05) is 13.2 Å². The maximum absolute atomic E-state index is 11.8. The second-order valence-electron chi connectivity index (χ2n) is 5.21. The van der Waals surface area contributed by atoms with E-state index in [9.17, 15) is 14.7 Å². The highest BCUT2D eigenvalue weighted by atomic mass is 16.3. The van der Waals surface area contributed by atoms with Crippen LogP contribution in [0.2, 0.25) is 0 Å². The molecule has 0 aromatic carbocycles. The maximum Gasteiger partial charge on any atom is 0.220 e. The fourth-order valence-corrected chi connectivity index (χ4v) is 2.58. The lowest BCUT2D eigenvalue weighted by Crippen LogP contribution is -2.41. The number of aliphatic hydroxyl groups excluding tert-OH is 1. The summed E-state index contributed by atoms with van der Waals surface area (Å²) in [4.78, 5) is 23.1. The van der Waals surface area contributed by atoms with Gasteiger partial charge in [-0.3, -0.25) is 9.59 Å². The molecule has 3 N–H and O–H groups in total. The Bertz CT molecular complexity index is 294. The molecule has 5 heteroatoms. The number of nitrogens with one attached hydrogen (secondary N) is 2. The third-order valence-electron chi connectivity index (χ3n) is 3.69. The highest BCUT2D eigenvalue weighted by Gasteiger charge is 2.24. The van der Waals surface area contributed by atoms with Crippen LogP contribution in [-0.2, 0) is 9.59 Å². The van der Waals surface area contributed by atoms with Crippen LogP contribution >= 0.6 is 0 Å². The van der Waals surface area contributed by atoms with E-state index >= 15 is 0 Å². The van der Waals surface area contributed by atoms with Crippen molar-refractivity contribution in [3.05, 3.63) is 0 Å². The Morgan fingerprint density at radius 2 is 1.79 bits per heavy atom. The van der Waals surface area contributed by atoms with Gasteiger partial charge < -0.3 is 15.7 Å². The third-order valence-corrected chi connectivity index (χ3v) is 3.69. The van der Waals surface area contributed by atoms with Crippen molar-refractivity contribution in [3.8, 4) is 0 Å². The highest BCUT2D eigenvalue weighted by molar-refractivity contribution is 5.83. The second kappa shape index (κ2) is 8.91. The lowest BCUT2D eigenvalue weighted by atomic mass is 9.95. The molecular formula is C14H26N2O3. The van der Waals surface area contributed by atoms with Crippen molar-refractivity contribution in [1.82, 2.24) is 10.6 Å². The largest absolute Gasteiger partial charge is 0.396 e. The van der Waals surface area contributed by atoms with Crippen LogP contribution in [-0.4, -0.2) is 36.1 Å². The molecule has 2 amide bonds. The minimum Gasteiger partial charge on any atom is -0.396 e. The van der Waals surface area contributed by atoms with Crippen molar-refractivity contribution in [2.45, 2.75) is 57.9 Å². The fraction of sp³-hybridized carbons (Fsp3) is 0.857. The van der Waals surface area contributed by atoms with Gasteiger partial charge in [-0.25, -0.2) is 0 Å². The Morgan fingerprint density at radius 1 is 1.11 bits per heavy atom. The molecule has 19 heavy (non-hydrogen) atoms. The quantitative estimate of drug-likeness (QED) is 0.629. The molecule has 2 unspecified atom stereocenters. The first-order valence-electron chi connectivity index (χ1n) is 7.34. The molecule has 1 rings (SSSR count). The molecule has 5 nitrogen and oxygen atoms in total. The number of rotatable bonds is 6. The fourth-order valence-electron chi connectivity index (χ4n) is 2.58. The molecule has 0 radical (unpaired) electrons. The van der Waals surface area contributed by atoms with Crippen LogP contribution < -0.4 is 10.6 Å². The summed E-state index contributed by atoms with van der Waals surface area (Å²) in [6.45, 7) is 2.58. The van der Waals surface area contributed by atoms with Gasteiger partial charge in [0.25, 0.3) is 0 Å². The predicted molar refractivity (Wildman–Crippen MR) is 73.5 cm³/mol. The van der Waals surface area contributed by atoms with Crippen molar-refractivity contribution in [3.63, 3.8) is 0 Å². The summed E-state index contributed by atoms with van der Waals surface area (Å²) in [6.07, 6.45) is 5.74. The molecule has 0 aromatic heterocycles. The van der Waals surface area contributed by atoms with Crippen molar-refractivity contribution in [1.29, 1.82) is 0 Å². The normalized spacial score (nSPS) is 23.5. The Labute approximate surface area is 115 Å². The first kappa shape index (κ1) is 16.0. The van der Waals surface area contributed by atoms with Crippen LogP contribution in [0.5, 0.6) is 0 Å². The van der Waals surface area contributed by atoms with Crippen LogP contribution in [0, 0.1) is 5.92 Å². The van der Waals surface area contributed by atoms with Crippen molar-refractivity contribution in [2.24, 2.45) is 5.92 Å². The van der Waals surface area contributed by atoms with Gasteiger partial charge in [-0.05, 0) is 19.8 Å². The zero-order valence-corrected chi connectivity index (χ0v) is 11.8. The molecule has 2 atom stereocenters. The Kier molecular flexibility index (Phi) is 7.48. The van der Waals surface area contributed by atoms with Gasteiger partial charge in [0.15, 0.2) is 0 Å². The van der Waals surface area contributed by atoms with Crippen molar-refractivity contribution < 1.29 is 14.7 Å². The van der Waals surface area contributed by atoms with Crippen LogP contribution in [0.4, 0.5) is 0 Å². The SMILES string of the molecule is CCNC(=O)CCC(=O)NC1CCCCCC1CO. The average Bonchev–Trinajstić information content (AvgIpc) is 2.62. The zero-order chi connectivity index (χ0) is 14.1. The van der Waals surface area contributed by atoms with Gasteiger partial charge in [-0.2, -0.15) is 0 Å². The predicted octanol–water partition coefficient (Wildman–Crippen LogP) is 0.960. The summed E-state index contributed by atoms with van der Waals surface area (Å²) in [6, 6.07) is 0.0641. The third kappa shape index (κ3) is 6.05. The molecule has 1 aliphatic rings. The van der Waals surface area contributed by atoms with Crippen LogP contribution in [0.15, 0.2) is 0 Å². The van der Waals surface area contributed by atoms with E-state index in [0.717, 1.165) is 25.7 Å². The number of aliphatic hydroxyl groups is 1.